The van der Waals surface area contributed by atoms with Crippen LogP contribution in [0.2, 0.25) is 0 Å². The molecule has 0 N–H and O–H groups in total. The molecule has 1 aliphatic rings. The summed E-state index contributed by atoms with van der Waals surface area (Å²) in [7, 11) is 0. The van der Waals surface area contributed by atoms with Gasteiger partial charge in [0.2, 0.25) is 0 Å². The van der Waals surface area contributed by atoms with Crippen molar-refractivity contribution in [1.29, 1.82) is 0 Å². The van der Waals surface area contributed by atoms with Crippen molar-refractivity contribution < 1.29 is 4.92 Å². The molecular weight excluding hydrogens is 340 g/mol. The van der Waals surface area contributed by atoms with Crippen LogP contribution >= 0.6 is 27.3 Å². The third kappa shape index (κ3) is 2.77. The first-order chi connectivity index (χ1) is 9.63. The van der Waals surface area contributed by atoms with Crippen molar-refractivity contribution >= 4 is 33.0 Å². The predicted octanol–water partition coefficient (Wildman–Crippen LogP) is 3.98. The molecule has 3 rings (SSSR count). The zero-order chi connectivity index (χ0) is 14.1. The second-order valence-electron chi connectivity index (χ2n) is 4.87. The van der Waals surface area contributed by atoms with Crippen molar-refractivity contribution in [3.05, 3.63) is 60.2 Å². The number of rotatable bonds is 3. The highest BCUT2D eigenvalue weighted by atomic mass is 79.9. The number of nitrogens with zero attached hydrogens (tertiary/aromatic N) is 2. The molecule has 2 heterocycles. The van der Waals surface area contributed by atoms with Crippen LogP contribution in [0.1, 0.15) is 16.0 Å². The molecule has 104 valence electrons. The lowest BCUT2D eigenvalue weighted by Crippen LogP contribution is -2.29. The fourth-order valence-corrected chi connectivity index (χ4v) is 3.78. The van der Waals surface area contributed by atoms with Gasteiger partial charge in [-0.2, -0.15) is 0 Å². The normalized spacial score (nSPS) is 15.1. The van der Waals surface area contributed by atoms with Gasteiger partial charge in [-0.05, 0) is 51.0 Å². The van der Waals surface area contributed by atoms with Crippen molar-refractivity contribution in [3.8, 4) is 0 Å². The number of nitro groups is 1. The lowest BCUT2D eigenvalue weighted by atomic mass is 10.1. The summed E-state index contributed by atoms with van der Waals surface area (Å²) in [6, 6.07) is 7.54. The highest BCUT2D eigenvalue weighted by Gasteiger charge is 2.19. The molecule has 1 aromatic heterocycles. The van der Waals surface area contributed by atoms with E-state index in [2.05, 4.69) is 32.3 Å². The van der Waals surface area contributed by atoms with Gasteiger partial charge in [0.1, 0.15) is 0 Å². The van der Waals surface area contributed by atoms with E-state index >= 15 is 0 Å². The van der Waals surface area contributed by atoms with Crippen molar-refractivity contribution in [2.45, 2.75) is 19.5 Å². The lowest BCUT2D eigenvalue weighted by Gasteiger charge is -2.26. The van der Waals surface area contributed by atoms with Crippen molar-refractivity contribution in [1.82, 2.24) is 4.90 Å². The van der Waals surface area contributed by atoms with Crippen LogP contribution in [0.15, 0.2) is 34.1 Å². The summed E-state index contributed by atoms with van der Waals surface area (Å²) >= 11 is 5.04. The summed E-state index contributed by atoms with van der Waals surface area (Å²) in [4.78, 5) is 14.4. The molecule has 0 bridgehead atoms. The molecule has 0 radical (unpaired) electrons. The monoisotopic (exact) mass is 352 g/mol. The van der Waals surface area contributed by atoms with E-state index < -0.39 is 0 Å². The first-order valence-electron chi connectivity index (χ1n) is 6.34. The van der Waals surface area contributed by atoms with E-state index in [-0.39, 0.29) is 10.6 Å². The number of nitro benzene ring substituents is 1. The van der Waals surface area contributed by atoms with Crippen LogP contribution in [-0.2, 0) is 19.5 Å². The van der Waals surface area contributed by atoms with Crippen LogP contribution in [0.25, 0.3) is 0 Å². The maximum absolute atomic E-state index is 11.0. The van der Waals surface area contributed by atoms with E-state index in [9.17, 15) is 10.1 Å². The predicted molar refractivity (Wildman–Crippen MR) is 82.9 cm³/mol. The van der Waals surface area contributed by atoms with Crippen molar-refractivity contribution in [2.24, 2.45) is 0 Å². The highest BCUT2D eigenvalue weighted by molar-refractivity contribution is 9.10. The minimum Gasteiger partial charge on any atom is -0.294 e. The Balaban J connectivity index is 1.76. The van der Waals surface area contributed by atoms with Gasteiger partial charge >= 0.3 is 0 Å². The molecule has 0 fully saturated rings. The number of halogens is 1. The summed E-state index contributed by atoms with van der Waals surface area (Å²) in [6.07, 6.45) is 1.08. The first kappa shape index (κ1) is 13.7. The Morgan fingerprint density at radius 2 is 2.25 bits per heavy atom. The van der Waals surface area contributed by atoms with Crippen LogP contribution in [0.4, 0.5) is 5.69 Å². The molecule has 4 nitrogen and oxygen atoms in total. The number of hydrogen-bond acceptors (Lipinski definition) is 4. The van der Waals surface area contributed by atoms with E-state index in [4.69, 9.17) is 0 Å². The molecule has 0 saturated heterocycles. The maximum Gasteiger partial charge on any atom is 0.283 e. The SMILES string of the molecule is O=[N+]([O-])c1cc(CN2CCc3sccc3C2)ccc1Br. The quantitative estimate of drug-likeness (QED) is 0.620. The summed E-state index contributed by atoms with van der Waals surface area (Å²) in [5, 5.41) is 13.1. The van der Waals surface area contributed by atoms with Gasteiger partial charge in [-0.25, -0.2) is 0 Å². The average molecular weight is 353 g/mol. The Morgan fingerprint density at radius 3 is 3.05 bits per heavy atom. The zero-order valence-electron chi connectivity index (χ0n) is 10.7. The maximum atomic E-state index is 11.0. The summed E-state index contributed by atoms with van der Waals surface area (Å²) in [5.74, 6) is 0. The van der Waals surface area contributed by atoms with Crippen molar-refractivity contribution in [2.75, 3.05) is 6.54 Å². The van der Waals surface area contributed by atoms with Gasteiger partial charge in [-0.1, -0.05) is 6.07 Å². The molecular formula is C14H13BrN2O2S. The molecule has 0 spiro atoms. The smallest absolute Gasteiger partial charge is 0.283 e. The number of benzene rings is 1. The molecule has 0 aliphatic carbocycles. The van der Waals surface area contributed by atoms with Gasteiger partial charge in [-0.3, -0.25) is 15.0 Å². The van der Waals surface area contributed by atoms with Gasteiger partial charge in [0, 0.05) is 30.6 Å². The molecule has 1 aromatic carbocycles. The van der Waals surface area contributed by atoms with Gasteiger partial charge < -0.3 is 0 Å². The van der Waals surface area contributed by atoms with Crippen LogP contribution in [-0.4, -0.2) is 16.4 Å². The molecule has 0 atom stereocenters. The summed E-state index contributed by atoms with van der Waals surface area (Å²) in [6.45, 7) is 2.70. The molecule has 0 amide bonds. The van der Waals surface area contributed by atoms with Gasteiger partial charge in [0.05, 0.1) is 9.40 Å². The largest absolute Gasteiger partial charge is 0.294 e. The molecule has 20 heavy (non-hydrogen) atoms. The van der Waals surface area contributed by atoms with E-state index in [0.29, 0.717) is 4.47 Å². The fraction of sp³-hybridized carbons (Fsp3) is 0.286. The third-order valence-corrected chi connectivity index (χ3v) is 5.19. The topological polar surface area (TPSA) is 46.4 Å². The Hall–Kier alpha value is -1.24. The fourth-order valence-electron chi connectivity index (χ4n) is 2.50. The number of hydrogen-bond donors (Lipinski definition) is 0. The van der Waals surface area contributed by atoms with Gasteiger partial charge in [0.15, 0.2) is 0 Å². The average Bonchev–Trinajstić information content (AvgIpc) is 2.88. The summed E-state index contributed by atoms with van der Waals surface area (Å²) in [5.41, 5.74) is 2.52. The van der Waals surface area contributed by atoms with Gasteiger partial charge in [-0.15, -0.1) is 11.3 Å². The summed E-state index contributed by atoms with van der Waals surface area (Å²) < 4.78 is 0.532. The van der Waals surface area contributed by atoms with E-state index in [1.54, 1.807) is 12.1 Å². The Kier molecular flexibility index (Phi) is 3.87. The Bertz CT molecular complexity index is 656. The van der Waals surface area contributed by atoms with Gasteiger partial charge in [0.25, 0.3) is 5.69 Å². The zero-order valence-corrected chi connectivity index (χ0v) is 13.1. The van der Waals surface area contributed by atoms with Crippen LogP contribution in [0.5, 0.6) is 0 Å². The minimum atomic E-state index is -0.346. The second-order valence-corrected chi connectivity index (χ2v) is 6.73. The van der Waals surface area contributed by atoms with Crippen LogP contribution in [0.3, 0.4) is 0 Å². The minimum absolute atomic E-state index is 0.135. The number of thiophene rings is 1. The molecule has 1 aliphatic heterocycles. The standard InChI is InChI=1S/C14H13BrN2O2S/c15-12-2-1-10(7-13(12)17(18)19)8-16-5-3-14-11(9-16)4-6-20-14/h1-2,4,6-7H,3,5,8-9H2. The van der Waals surface area contributed by atoms with E-state index in [0.717, 1.165) is 31.6 Å². The molecule has 2 aromatic rings. The first-order valence-corrected chi connectivity index (χ1v) is 8.01. The third-order valence-electron chi connectivity index (χ3n) is 3.50. The Labute approximate surface area is 129 Å². The van der Waals surface area contributed by atoms with E-state index in [1.165, 1.54) is 10.4 Å². The van der Waals surface area contributed by atoms with Crippen molar-refractivity contribution in [3.63, 3.8) is 0 Å². The number of fused-ring (bicyclic) bond motifs is 1. The molecule has 6 heteroatoms. The van der Waals surface area contributed by atoms with E-state index in [1.807, 2.05) is 17.4 Å². The van der Waals surface area contributed by atoms with Crippen LogP contribution in [0, 0.1) is 10.1 Å². The van der Waals surface area contributed by atoms with Crippen LogP contribution < -0.4 is 0 Å². The lowest BCUT2D eigenvalue weighted by molar-refractivity contribution is -0.385. The Morgan fingerprint density at radius 1 is 1.40 bits per heavy atom. The molecule has 0 saturated carbocycles. The second kappa shape index (κ2) is 5.63. The highest BCUT2D eigenvalue weighted by Crippen LogP contribution is 2.28. The molecule has 0 unspecified atom stereocenters.